The molecule has 1 aromatic rings. The number of hydrogen-bond acceptors (Lipinski definition) is 3. The molecule has 20 heavy (non-hydrogen) atoms. The molecule has 1 aliphatic carbocycles. The van der Waals surface area contributed by atoms with Gasteiger partial charge >= 0.3 is 0 Å². The summed E-state index contributed by atoms with van der Waals surface area (Å²) in [5.74, 6) is 1.71. The first kappa shape index (κ1) is 15.2. The SMILES string of the molecule is CCOc1cc(CN(C)C2CCC(C)CC2)ccc1O. The van der Waals surface area contributed by atoms with E-state index in [4.69, 9.17) is 4.74 Å². The van der Waals surface area contributed by atoms with Gasteiger partial charge in [-0.15, -0.1) is 0 Å². The van der Waals surface area contributed by atoms with Crippen LogP contribution < -0.4 is 4.74 Å². The van der Waals surface area contributed by atoms with E-state index in [-0.39, 0.29) is 5.75 Å². The molecule has 1 aromatic carbocycles. The van der Waals surface area contributed by atoms with Gasteiger partial charge in [-0.25, -0.2) is 0 Å². The van der Waals surface area contributed by atoms with Gasteiger partial charge in [-0.2, -0.15) is 0 Å². The largest absolute Gasteiger partial charge is 0.504 e. The van der Waals surface area contributed by atoms with Crippen LogP contribution in [0.25, 0.3) is 0 Å². The predicted molar refractivity (Wildman–Crippen MR) is 82.2 cm³/mol. The van der Waals surface area contributed by atoms with Crippen molar-refractivity contribution in [3.05, 3.63) is 23.8 Å². The molecule has 0 aliphatic heterocycles. The second-order valence-corrected chi connectivity index (χ2v) is 6.06. The van der Waals surface area contributed by atoms with Crippen LogP contribution in [0.3, 0.4) is 0 Å². The van der Waals surface area contributed by atoms with Crippen molar-refractivity contribution in [3.8, 4) is 11.5 Å². The zero-order valence-corrected chi connectivity index (χ0v) is 12.9. The molecule has 1 fully saturated rings. The summed E-state index contributed by atoms with van der Waals surface area (Å²) in [7, 11) is 2.20. The number of benzene rings is 1. The highest BCUT2D eigenvalue weighted by Gasteiger charge is 2.21. The van der Waals surface area contributed by atoms with Gasteiger partial charge in [0.15, 0.2) is 11.5 Å². The minimum atomic E-state index is 0.227. The van der Waals surface area contributed by atoms with E-state index in [1.54, 1.807) is 6.07 Å². The van der Waals surface area contributed by atoms with Crippen LogP contribution in [0.4, 0.5) is 0 Å². The molecule has 0 aromatic heterocycles. The third-order valence-corrected chi connectivity index (χ3v) is 4.36. The first-order valence-corrected chi connectivity index (χ1v) is 7.75. The zero-order valence-electron chi connectivity index (χ0n) is 12.9. The van der Waals surface area contributed by atoms with Crippen LogP contribution in [0.2, 0.25) is 0 Å². The number of rotatable bonds is 5. The lowest BCUT2D eigenvalue weighted by atomic mass is 9.86. The molecule has 0 bridgehead atoms. The fourth-order valence-corrected chi connectivity index (χ4v) is 3.03. The normalized spacial score (nSPS) is 23.0. The van der Waals surface area contributed by atoms with E-state index in [1.165, 1.54) is 31.2 Å². The molecule has 3 nitrogen and oxygen atoms in total. The fraction of sp³-hybridized carbons (Fsp3) is 0.647. The Morgan fingerprint density at radius 3 is 2.60 bits per heavy atom. The summed E-state index contributed by atoms with van der Waals surface area (Å²) in [5, 5.41) is 9.74. The topological polar surface area (TPSA) is 32.7 Å². The Kier molecular flexibility index (Phi) is 5.30. The Balaban J connectivity index is 1.96. The van der Waals surface area contributed by atoms with Crippen molar-refractivity contribution in [2.75, 3.05) is 13.7 Å². The van der Waals surface area contributed by atoms with Crippen molar-refractivity contribution in [2.24, 2.45) is 5.92 Å². The standard InChI is InChI=1S/C17H27NO2/c1-4-20-17-11-14(7-10-16(17)19)12-18(3)15-8-5-13(2)6-9-15/h7,10-11,13,15,19H,4-6,8-9,12H2,1-3H3. The molecular formula is C17H27NO2. The summed E-state index contributed by atoms with van der Waals surface area (Å²) in [6.07, 6.45) is 5.28. The van der Waals surface area contributed by atoms with Crippen molar-refractivity contribution < 1.29 is 9.84 Å². The van der Waals surface area contributed by atoms with Gasteiger partial charge in [-0.05, 0) is 63.3 Å². The minimum absolute atomic E-state index is 0.227. The highest BCUT2D eigenvalue weighted by atomic mass is 16.5. The molecule has 0 atom stereocenters. The average molecular weight is 277 g/mol. The molecule has 1 N–H and O–H groups in total. The van der Waals surface area contributed by atoms with E-state index in [9.17, 15) is 5.11 Å². The molecule has 2 rings (SSSR count). The lowest BCUT2D eigenvalue weighted by Gasteiger charge is -2.33. The Morgan fingerprint density at radius 1 is 1.25 bits per heavy atom. The van der Waals surface area contributed by atoms with Crippen LogP contribution >= 0.6 is 0 Å². The predicted octanol–water partition coefficient (Wildman–Crippen LogP) is 3.80. The van der Waals surface area contributed by atoms with Crippen molar-refractivity contribution in [2.45, 2.75) is 52.1 Å². The zero-order chi connectivity index (χ0) is 14.5. The number of phenols is 1. The smallest absolute Gasteiger partial charge is 0.161 e. The van der Waals surface area contributed by atoms with E-state index in [1.807, 2.05) is 19.1 Å². The summed E-state index contributed by atoms with van der Waals surface area (Å²) >= 11 is 0. The summed E-state index contributed by atoms with van der Waals surface area (Å²) in [6.45, 7) is 5.78. The molecule has 0 unspecified atom stereocenters. The molecular weight excluding hydrogens is 250 g/mol. The number of phenolic OH excluding ortho intramolecular Hbond substituents is 1. The Hall–Kier alpha value is -1.22. The van der Waals surface area contributed by atoms with Crippen molar-refractivity contribution in [1.29, 1.82) is 0 Å². The molecule has 3 heteroatoms. The van der Waals surface area contributed by atoms with E-state index >= 15 is 0 Å². The van der Waals surface area contributed by atoms with Gasteiger partial charge < -0.3 is 9.84 Å². The maximum Gasteiger partial charge on any atom is 0.161 e. The van der Waals surface area contributed by atoms with Gasteiger partial charge in [0.2, 0.25) is 0 Å². The fourth-order valence-electron chi connectivity index (χ4n) is 3.03. The van der Waals surface area contributed by atoms with Crippen LogP contribution in [0.15, 0.2) is 18.2 Å². The van der Waals surface area contributed by atoms with E-state index < -0.39 is 0 Å². The lowest BCUT2D eigenvalue weighted by molar-refractivity contribution is 0.163. The molecule has 1 saturated carbocycles. The van der Waals surface area contributed by atoms with Crippen molar-refractivity contribution >= 4 is 0 Å². The van der Waals surface area contributed by atoms with Crippen LogP contribution in [0.1, 0.15) is 45.1 Å². The lowest BCUT2D eigenvalue weighted by Crippen LogP contribution is -2.34. The van der Waals surface area contributed by atoms with Crippen molar-refractivity contribution in [1.82, 2.24) is 4.90 Å². The van der Waals surface area contributed by atoms with Crippen LogP contribution in [-0.4, -0.2) is 29.7 Å². The number of hydrogen-bond donors (Lipinski definition) is 1. The van der Waals surface area contributed by atoms with Gasteiger partial charge in [0.25, 0.3) is 0 Å². The summed E-state index contributed by atoms with van der Waals surface area (Å²) in [6, 6.07) is 6.37. The molecule has 0 saturated heterocycles. The minimum Gasteiger partial charge on any atom is -0.504 e. The van der Waals surface area contributed by atoms with Crippen LogP contribution in [0.5, 0.6) is 11.5 Å². The number of aromatic hydroxyl groups is 1. The molecule has 0 heterocycles. The molecule has 1 aliphatic rings. The highest BCUT2D eigenvalue weighted by Crippen LogP contribution is 2.30. The third kappa shape index (κ3) is 3.89. The first-order chi connectivity index (χ1) is 9.60. The second-order valence-electron chi connectivity index (χ2n) is 6.06. The monoisotopic (exact) mass is 277 g/mol. The first-order valence-electron chi connectivity index (χ1n) is 7.75. The highest BCUT2D eigenvalue weighted by molar-refractivity contribution is 5.41. The summed E-state index contributed by atoms with van der Waals surface area (Å²) in [5.41, 5.74) is 1.20. The molecule has 112 valence electrons. The van der Waals surface area contributed by atoms with Gasteiger partial charge in [0, 0.05) is 12.6 Å². The van der Waals surface area contributed by atoms with Gasteiger partial charge in [-0.3, -0.25) is 4.90 Å². The Labute approximate surface area is 122 Å². The second kappa shape index (κ2) is 6.98. The van der Waals surface area contributed by atoms with E-state index in [2.05, 4.69) is 18.9 Å². The summed E-state index contributed by atoms with van der Waals surface area (Å²) < 4.78 is 5.45. The van der Waals surface area contributed by atoms with Gasteiger partial charge in [0.1, 0.15) is 0 Å². The quantitative estimate of drug-likeness (QED) is 0.888. The van der Waals surface area contributed by atoms with Gasteiger partial charge in [0.05, 0.1) is 6.61 Å². The third-order valence-electron chi connectivity index (χ3n) is 4.36. The van der Waals surface area contributed by atoms with Crippen LogP contribution in [0, 0.1) is 5.92 Å². The van der Waals surface area contributed by atoms with E-state index in [0.717, 1.165) is 12.5 Å². The summed E-state index contributed by atoms with van der Waals surface area (Å²) in [4.78, 5) is 2.44. The van der Waals surface area contributed by atoms with Gasteiger partial charge in [-0.1, -0.05) is 13.0 Å². The van der Waals surface area contributed by atoms with Crippen LogP contribution in [-0.2, 0) is 6.54 Å². The van der Waals surface area contributed by atoms with Crippen molar-refractivity contribution in [3.63, 3.8) is 0 Å². The number of ether oxygens (including phenoxy) is 1. The maximum atomic E-state index is 9.74. The molecule has 0 radical (unpaired) electrons. The Morgan fingerprint density at radius 2 is 1.95 bits per heavy atom. The molecule has 0 amide bonds. The average Bonchev–Trinajstić information content (AvgIpc) is 2.43. The molecule has 0 spiro atoms. The van der Waals surface area contributed by atoms with E-state index in [0.29, 0.717) is 18.4 Å². The maximum absolute atomic E-state index is 9.74. The number of nitrogens with zero attached hydrogens (tertiary/aromatic N) is 1. The Bertz CT molecular complexity index is 425.